The van der Waals surface area contributed by atoms with Crippen molar-refractivity contribution < 1.29 is 14.3 Å². The fourth-order valence-electron chi connectivity index (χ4n) is 3.58. The van der Waals surface area contributed by atoms with Gasteiger partial charge in [0.15, 0.2) is 0 Å². The Hall–Kier alpha value is -1.11. The van der Waals surface area contributed by atoms with Gasteiger partial charge in [-0.1, -0.05) is 11.6 Å². The van der Waals surface area contributed by atoms with Crippen LogP contribution in [0, 0.1) is 5.41 Å². The minimum Gasteiger partial charge on any atom is -0.383 e. The molecule has 0 bridgehead atoms. The number of thiophene rings is 1. The third-order valence-electron chi connectivity index (χ3n) is 4.84. The number of nitrogens with zero attached hydrogens (tertiary/aromatic N) is 2. The van der Waals surface area contributed by atoms with Gasteiger partial charge in [-0.2, -0.15) is 0 Å². The van der Waals surface area contributed by atoms with Gasteiger partial charge >= 0.3 is 0 Å². The number of halogens is 1. The Morgan fingerprint density at radius 3 is 2.96 bits per heavy atom. The number of methoxy groups -OCH3 is 1. The molecule has 7 heteroatoms. The lowest BCUT2D eigenvalue weighted by atomic mass is 9.78. The van der Waals surface area contributed by atoms with E-state index in [0.29, 0.717) is 36.1 Å². The van der Waals surface area contributed by atoms with E-state index in [2.05, 4.69) is 0 Å². The molecule has 1 atom stereocenters. The lowest BCUT2D eigenvalue weighted by Gasteiger charge is -2.39. The maximum atomic E-state index is 12.9. The summed E-state index contributed by atoms with van der Waals surface area (Å²) in [6, 6.07) is 1.74. The van der Waals surface area contributed by atoms with Gasteiger partial charge < -0.3 is 14.5 Å². The maximum absolute atomic E-state index is 12.9. The summed E-state index contributed by atoms with van der Waals surface area (Å²) in [5.41, 5.74) is -0.411. The third kappa shape index (κ3) is 3.12. The molecule has 2 amide bonds. The topological polar surface area (TPSA) is 49.9 Å². The summed E-state index contributed by atoms with van der Waals surface area (Å²) in [5, 5.41) is 2.32. The molecule has 1 spiro atoms. The summed E-state index contributed by atoms with van der Waals surface area (Å²) < 4.78 is 5.09. The van der Waals surface area contributed by atoms with Crippen LogP contribution in [-0.4, -0.2) is 61.5 Å². The SMILES string of the molecule is COCCN1CCCC2(CCN(C(=O)c3sccc3Cl)C2)C1=O. The Bertz CT molecular complexity index is 606. The standard InChI is InChI=1S/C16H21ClN2O3S/c1-22-9-8-18-6-2-4-16(15(18)21)5-7-19(11-16)14(20)13-12(17)3-10-23-13/h3,10H,2,4-9,11H2,1H3. The zero-order chi connectivity index (χ0) is 16.4. The normalized spacial score (nSPS) is 24.7. The molecule has 3 heterocycles. The van der Waals surface area contributed by atoms with Crippen LogP contribution in [0.3, 0.4) is 0 Å². The van der Waals surface area contributed by atoms with E-state index in [0.717, 1.165) is 25.8 Å². The van der Waals surface area contributed by atoms with Crippen LogP contribution in [0.5, 0.6) is 0 Å². The van der Waals surface area contributed by atoms with Crippen molar-refractivity contribution in [3.05, 3.63) is 21.3 Å². The Labute approximate surface area is 145 Å². The van der Waals surface area contributed by atoms with E-state index in [1.807, 2.05) is 10.3 Å². The van der Waals surface area contributed by atoms with Crippen molar-refractivity contribution in [1.82, 2.24) is 9.80 Å². The van der Waals surface area contributed by atoms with Crippen molar-refractivity contribution >= 4 is 34.8 Å². The van der Waals surface area contributed by atoms with Crippen LogP contribution in [0.4, 0.5) is 0 Å². The third-order valence-corrected chi connectivity index (χ3v) is 6.17. The number of carbonyl (C=O) groups excluding carboxylic acids is 2. The Morgan fingerprint density at radius 2 is 2.26 bits per heavy atom. The van der Waals surface area contributed by atoms with E-state index in [9.17, 15) is 9.59 Å². The molecule has 2 aliphatic heterocycles. The second-order valence-corrected chi connectivity index (χ2v) is 7.57. The van der Waals surface area contributed by atoms with E-state index in [4.69, 9.17) is 16.3 Å². The molecule has 5 nitrogen and oxygen atoms in total. The van der Waals surface area contributed by atoms with Gasteiger partial charge in [0.1, 0.15) is 4.88 Å². The molecular weight excluding hydrogens is 336 g/mol. The number of amides is 2. The van der Waals surface area contributed by atoms with Crippen LogP contribution >= 0.6 is 22.9 Å². The average Bonchev–Trinajstić information content (AvgIpc) is 3.16. The molecule has 0 aliphatic carbocycles. The molecule has 0 aromatic carbocycles. The number of likely N-dealkylation sites (tertiary alicyclic amines) is 2. The highest BCUT2D eigenvalue weighted by atomic mass is 35.5. The van der Waals surface area contributed by atoms with Gasteiger partial charge in [-0.3, -0.25) is 9.59 Å². The number of ether oxygens (including phenoxy) is 1. The van der Waals surface area contributed by atoms with Gasteiger partial charge in [0, 0.05) is 33.3 Å². The summed E-state index contributed by atoms with van der Waals surface area (Å²) in [6.45, 7) is 3.09. The first-order chi connectivity index (χ1) is 11.1. The summed E-state index contributed by atoms with van der Waals surface area (Å²) in [5.74, 6) is 0.122. The average molecular weight is 357 g/mol. The van der Waals surface area contributed by atoms with Crippen LogP contribution in [0.15, 0.2) is 11.4 Å². The fraction of sp³-hybridized carbons (Fsp3) is 0.625. The summed E-state index contributed by atoms with van der Waals surface area (Å²) >= 11 is 7.43. The minimum atomic E-state index is -0.411. The van der Waals surface area contributed by atoms with Crippen molar-refractivity contribution in [3.8, 4) is 0 Å². The van der Waals surface area contributed by atoms with Crippen LogP contribution in [0.25, 0.3) is 0 Å². The number of piperidine rings is 1. The minimum absolute atomic E-state index is 0.0521. The second kappa shape index (κ2) is 6.79. The predicted molar refractivity (Wildman–Crippen MR) is 90.0 cm³/mol. The molecule has 23 heavy (non-hydrogen) atoms. The number of hydrogen-bond acceptors (Lipinski definition) is 4. The molecule has 3 rings (SSSR count). The molecule has 2 fully saturated rings. The van der Waals surface area contributed by atoms with Gasteiger partial charge in [-0.25, -0.2) is 0 Å². The molecule has 1 aromatic heterocycles. The van der Waals surface area contributed by atoms with E-state index in [-0.39, 0.29) is 11.8 Å². The van der Waals surface area contributed by atoms with Crippen LogP contribution in [0.2, 0.25) is 5.02 Å². The Morgan fingerprint density at radius 1 is 1.43 bits per heavy atom. The van der Waals surface area contributed by atoms with Gasteiger partial charge in [0.25, 0.3) is 5.91 Å². The van der Waals surface area contributed by atoms with Crippen LogP contribution in [-0.2, 0) is 9.53 Å². The monoisotopic (exact) mass is 356 g/mol. The fourth-order valence-corrected chi connectivity index (χ4v) is 4.68. The van der Waals surface area contributed by atoms with E-state index in [1.54, 1.807) is 18.1 Å². The first kappa shape index (κ1) is 16.7. The van der Waals surface area contributed by atoms with Crippen molar-refractivity contribution in [2.45, 2.75) is 19.3 Å². The predicted octanol–water partition coefficient (Wildman–Crippen LogP) is 2.50. The van der Waals surface area contributed by atoms with E-state index >= 15 is 0 Å². The molecule has 2 saturated heterocycles. The zero-order valence-corrected chi connectivity index (χ0v) is 14.8. The highest BCUT2D eigenvalue weighted by molar-refractivity contribution is 7.12. The van der Waals surface area contributed by atoms with Crippen molar-refractivity contribution in [2.24, 2.45) is 5.41 Å². The highest BCUT2D eigenvalue weighted by Gasteiger charge is 2.49. The molecule has 0 saturated carbocycles. The molecule has 2 aliphatic rings. The first-order valence-electron chi connectivity index (χ1n) is 7.88. The second-order valence-electron chi connectivity index (χ2n) is 6.24. The highest BCUT2D eigenvalue weighted by Crippen LogP contribution is 2.41. The zero-order valence-electron chi connectivity index (χ0n) is 13.2. The van der Waals surface area contributed by atoms with Crippen molar-refractivity contribution in [2.75, 3.05) is 39.9 Å². The van der Waals surface area contributed by atoms with Crippen molar-refractivity contribution in [1.29, 1.82) is 0 Å². The van der Waals surface area contributed by atoms with Crippen LogP contribution in [0.1, 0.15) is 28.9 Å². The van der Waals surface area contributed by atoms with Gasteiger partial charge in [0.05, 0.1) is 17.0 Å². The van der Waals surface area contributed by atoms with E-state index in [1.165, 1.54) is 11.3 Å². The van der Waals surface area contributed by atoms with Gasteiger partial charge in [-0.05, 0) is 30.7 Å². The van der Waals surface area contributed by atoms with Crippen molar-refractivity contribution in [3.63, 3.8) is 0 Å². The quantitative estimate of drug-likeness (QED) is 0.832. The number of rotatable bonds is 4. The largest absolute Gasteiger partial charge is 0.383 e. The summed E-state index contributed by atoms with van der Waals surface area (Å²) in [4.78, 5) is 29.8. The molecule has 0 radical (unpaired) electrons. The Balaban J connectivity index is 1.71. The van der Waals surface area contributed by atoms with Gasteiger partial charge in [-0.15, -0.1) is 11.3 Å². The smallest absolute Gasteiger partial charge is 0.265 e. The van der Waals surface area contributed by atoms with Gasteiger partial charge in [0.2, 0.25) is 5.91 Å². The number of hydrogen-bond donors (Lipinski definition) is 0. The summed E-state index contributed by atoms with van der Waals surface area (Å²) in [6.07, 6.45) is 2.58. The maximum Gasteiger partial charge on any atom is 0.265 e. The molecule has 1 unspecified atom stereocenters. The number of carbonyl (C=O) groups is 2. The lowest BCUT2D eigenvalue weighted by molar-refractivity contribution is -0.146. The molecular formula is C16H21ClN2O3S. The summed E-state index contributed by atoms with van der Waals surface area (Å²) in [7, 11) is 1.64. The molecule has 126 valence electrons. The molecule has 0 N–H and O–H groups in total. The van der Waals surface area contributed by atoms with Crippen LogP contribution < -0.4 is 0 Å². The molecule has 1 aromatic rings. The Kier molecular flexibility index (Phi) is 4.94. The van der Waals surface area contributed by atoms with E-state index < -0.39 is 5.41 Å². The first-order valence-corrected chi connectivity index (χ1v) is 9.14. The lowest BCUT2D eigenvalue weighted by Crippen LogP contribution is -2.51.